The summed E-state index contributed by atoms with van der Waals surface area (Å²) in [5.74, 6) is -0.867. The summed E-state index contributed by atoms with van der Waals surface area (Å²) in [7, 11) is 2.92. The summed E-state index contributed by atoms with van der Waals surface area (Å²) in [6.07, 6.45) is 2.96. The van der Waals surface area contributed by atoms with Crippen LogP contribution in [0, 0.1) is 0 Å². The van der Waals surface area contributed by atoms with Crippen molar-refractivity contribution in [2.75, 3.05) is 24.8 Å². The molecule has 0 spiro atoms. The highest BCUT2D eigenvalue weighted by atomic mass is 32.1. The molecule has 2 heterocycles. The van der Waals surface area contributed by atoms with Crippen molar-refractivity contribution in [3.63, 3.8) is 0 Å². The summed E-state index contributed by atoms with van der Waals surface area (Å²) in [5, 5.41) is 13.4. The molecule has 0 unspecified atom stereocenters. The Morgan fingerprint density at radius 2 is 2.24 bits per heavy atom. The lowest BCUT2D eigenvalue weighted by Gasteiger charge is -2.07. The van der Waals surface area contributed by atoms with Gasteiger partial charge in [-0.25, -0.2) is 9.79 Å². The number of nitrogens with one attached hydrogen (secondary N) is 2. The zero-order chi connectivity index (χ0) is 18.4. The molecule has 2 aromatic heterocycles. The van der Waals surface area contributed by atoms with Crippen LogP contribution in [0.5, 0.6) is 5.75 Å². The number of aromatic nitrogens is 2. The van der Waals surface area contributed by atoms with E-state index < -0.39 is 11.5 Å². The van der Waals surface area contributed by atoms with Crippen LogP contribution in [0.1, 0.15) is 17.5 Å². The highest BCUT2D eigenvalue weighted by Gasteiger charge is 2.18. The number of rotatable bonds is 6. The second kappa shape index (κ2) is 8.06. The van der Waals surface area contributed by atoms with Crippen LogP contribution in [0.25, 0.3) is 0 Å². The van der Waals surface area contributed by atoms with Gasteiger partial charge in [0, 0.05) is 18.8 Å². The standard InChI is InChI=1S/C14H16N6O4S/c1-7(4-5-15)17-13-19-20-14(25-13)18-11(21)9-6-8(16-2)10(23-3)12(22)24-9/h4-6,16H,15H2,1-3H3,(H,18,20,21)/b5-4-,17-7+. The molecule has 11 heteroatoms. The number of nitrogens with zero attached hydrogens (tertiary/aromatic N) is 3. The predicted molar refractivity (Wildman–Crippen MR) is 95.0 cm³/mol. The van der Waals surface area contributed by atoms with Crippen molar-refractivity contribution in [2.45, 2.75) is 6.92 Å². The third kappa shape index (κ3) is 4.41. The number of ether oxygens (including phenoxy) is 1. The monoisotopic (exact) mass is 364 g/mol. The lowest BCUT2D eigenvalue weighted by molar-refractivity contribution is 0.0991. The molecule has 0 radical (unpaired) electrons. The first-order valence-electron chi connectivity index (χ1n) is 6.96. The van der Waals surface area contributed by atoms with Crippen molar-refractivity contribution in [3.05, 3.63) is 34.5 Å². The van der Waals surface area contributed by atoms with Gasteiger partial charge in [-0.1, -0.05) is 11.3 Å². The van der Waals surface area contributed by atoms with Gasteiger partial charge in [0.2, 0.25) is 16.0 Å². The summed E-state index contributed by atoms with van der Waals surface area (Å²) in [4.78, 5) is 28.2. The lowest BCUT2D eigenvalue weighted by atomic mass is 10.3. The van der Waals surface area contributed by atoms with Gasteiger partial charge in [0.15, 0.2) is 5.76 Å². The van der Waals surface area contributed by atoms with Crippen molar-refractivity contribution in [2.24, 2.45) is 10.7 Å². The van der Waals surface area contributed by atoms with E-state index in [-0.39, 0.29) is 16.6 Å². The predicted octanol–water partition coefficient (Wildman–Crippen LogP) is 1.36. The number of nitrogens with two attached hydrogens (primary N) is 1. The van der Waals surface area contributed by atoms with Crippen molar-refractivity contribution < 1.29 is 13.9 Å². The third-order valence-corrected chi connectivity index (χ3v) is 3.58. The number of methoxy groups -OCH3 is 1. The van der Waals surface area contributed by atoms with Crippen LogP contribution >= 0.6 is 11.3 Å². The number of amides is 1. The number of anilines is 2. The van der Waals surface area contributed by atoms with Crippen LogP contribution in [0.15, 0.2) is 32.5 Å². The third-order valence-electron chi connectivity index (χ3n) is 2.85. The molecule has 132 valence electrons. The first kappa shape index (κ1) is 18.1. The number of carbonyl (C=O) groups excluding carboxylic acids is 1. The molecule has 0 bridgehead atoms. The van der Waals surface area contributed by atoms with Crippen molar-refractivity contribution in [3.8, 4) is 5.75 Å². The van der Waals surface area contributed by atoms with Gasteiger partial charge in [-0.2, -0.15) is 0 Å². The Morgan fingerprint density at radius 1 is 1.48 bits per heavy atom. The topological polar surface area (TPSA) is 145 Å². The minimum atomic E-state index is -0.772. The van der Waals surface area contributed by atoms with E-state index in [2.05, 4.69) is 25.8 Å². The molecule has 0 fully saturated rings. The van der Waals surface area contributed by atoms with Crippen LogP contribution in [0.4, 0.5) is 16.0 Å². The summed E-state index contributed by atoms with van der Waals surface area (Å²) in [6.45, 7) is 1.74. The summed E-state index contributed by atoms with van der Waals surface area (Å²) in [5.41, 5.74) is 5.47. The minimum Gasteiger partial charge on any atom is -0.488 e. The van der Waals surface area contributed by atoms with Crippen LogP contribution < -0.4 is 26.7 Å². The maximum Gasteiger partial charge on any atom is 0.381 e. The molecule has 2 aromatic rings. The second-order valence-corrected chi connectivity index (χ2v) is 5.51. The molecule has 1 amide bonds. The van der Waals surface area contributed by atoms with Gasteiger partial charge in [-0.15, -0.1) is 10.2 Å². The molecule has 10 nitrogen and oxygen atoms in total. The van der Waals surface area contributed by atoms with E-state index in [4.69, 9.17) is 14.9 Å². The average Bonchev–Trinajstić information content (AvgIpc) is 3.00. The van der Waals surface area contributed by atoms with E-state index in [0.717, 1.165) is 11.3 Å². The molecule has 4 N–H and O–H groups in total. The lowest BCUT2D eigenvalue weighted by Crippen LogP contribution is -2.16. The summed E-state index contributed by atoms with van der Waals surface area (Å²) in [6, 6.07) is 1.35. The van der Waals surface area contributed by atoms with Crippen molar-refractivity contribution >= 4 is 38.9 Å². The van der Waals surface area contributed by atoms with E-state index in [1.165, 1.54) is 19.4 Å². The van der Waals surface area contributed by atoms with Crippen molar-refractivity contribution in [1.82, 2.24) is 10.2 Å². The smallest absolute Gasteiger partial charge is 0.381 e. The minimum absolute atomic E-state index is 0.0185. The molecule has 0 aliphatic heterocycles. The van der Waals surface area contributed by atoms with Gasteiger partial charge in [0.05, 0.1) is 12.8 Å². The molecular formula is C14H16N6O4S. The largest absolute Gasteiger partial charge is 0.488 e. The number of allylic oxidation sites excluding steroid dienone is 1. The van der Waals surface area contributed by atoms with Crippen LogP contribution in [0.2, 0.25) is 0 Å². The first-order valence-corrected chi connectivity index (χ1v) is 7.78. The average molecular weight is 364 g/mol. The molecular weight excluding hydrogens is 348 g/mol. The zero-order valence-corrected chi connectivity index (χ0v) is 14.5. The Morgan fingerprint density at radius 3 is 2.88 bits per heavy atom. The van der Waals surface area contributed by atoms with Gasteiger partial charge in [-0.3, -0.25) is 10.1 Å². The number of aliphatic imine (C=N–C) groups is 1. The Kier molecular flexibility index (Phi) is 5.84. The highest BCUT2D eigenvalue weighted by Crippen LogP contribution is 2.25. The molecule has 0 aliphatic carbocycles. The maximum atomic E-state index is 12.2. The Bertz CT molecular complexity index is 886. The molecule has 0 saturated heterocycles. The molecule has 0 aliphatic rings. The Hall–Kier alpha value is -3.21. The van der Waals surface area contributed by atoms with E-state index >= 15 is 0 Å². The van der Waals surface area contributed by atoms with Crippen LogP contribution in [-0.2, 0) is 0 Å². The molecule has 0 atom stereocenters. The molecule has 0 saturated carbocycles. The Balaban J connectivity index is 2.21. The van der Waals surface area contributed by atoms with Gasteiger partial charge in [0.25, 0.3) is 5.91 Å². The number of hydrogen-bond donors (Lipinski definition) is 3. The summed E-state index contributed by atoms with van der Waals surface area (Å²) >= 11 is 1.06. The van der Waals surface area contributed by atoms with E-state index in [1.807, 2.05) is 0 Å². The maximum absolute atomic E-state index is 12.2. The number of carbonyl (C=O) groups is 1. The molecule has 0 aromatic carbocycles. The normalized spacial score (nSPS) is 11.6. The molecule has 25 heavy (non-hydrogen) atoms. The summed E-state index contributed by atoms with van der Waals surface area (Å²) < 4.78 is 9.88. The first-order chi connectivity index (χ1) is 12.0. The van der Waals surface area contributed by atoms with E-state index in [9.17, 15) is 9.59 Å². The zero-order valence-electron chi connectivity index (χ0n) is 13.7. The molecule has 2 rings (SSSR count). The van der Waals surface area contributed by atoms with Crippen molar-refractivity contribution in [1.29, 1.82) is 0 Å². The van der Waals surface area contributed by atoms with Gasteiger partial charge >= 0.3 is 5.63 Å². The van der Waals surface area contributed by atoms with Gasteiger partial charge in [-0.05, 0) is 19.2 Å². The quantitative estimate of drug-likeness (QED) is 0.651. The van der Waals surface area contributed by atoms with Gasteiger partial charge < -0.3 is 20.2 Å². The van der Waals surface area contributed by atoms with Crippen LogP contribution in [-0.4, -0.2) is 36.0 Å². The van der Waals surface area contributed by atoms with E-state index in [0.29, 0.717) is 16.5 Å². The SMILES string of the molecule is CNc1cc(C(=O)Nc2nnc(/N=C(C)/C=C\N)s2)oc(=O)c1OC. The van der Waals surface area contributed by atoms with E-state index in [1.54, 1.807) is 20.0 Å². The second-order valence-electron chi connectivity index (χ2n) is 4.55. The number of hydrogen-bond acceptors (Lipinski definition) is 10. The Labute approximate surface area is 146 Å². The fourth-order valence-corrected chi connectivity index (χ4v) is 2.44. The fourth-order valence-electron chi connectivity index (χ4n) is 1.77. The van der Waals surface area contributed by atoms with Gasteiger partial charge in [0.1, 0.15) is 0 Å². The fraction of sp³-hybridized carbons (Fsp3) is 0.214. The van der Waals surface area contributed by atoms with Crippen LogP contribution in [0.3, 0.4) is 0 Å². The highest BCUT2D eigenvalue weighted by molar-refractivity contribution is 7.18.